The predicted molar refractivity (Wildman–Crippen MR) is 79.7 cm³/mol. The maximum absolute atomic E-state index is 11.8. The number of aliphatic hydroxyl groups is 1. The molecule has 0 aliphatic carbocycles. The molecule has 0 aromatic carbocycles. The smallest absolute Gasteiger partial charge is 0.220 e. The number of carbonyl (C=O) groups is 1. The zero-order valence-corrected chi connectivity index (χ0v) is 13.2. The molecule has 2 atom stereocenters. The van der Waals surface area contributed by atoms with Gasteiger partial charge in [0.2, 0.25) is 5.91 Å². The SMILES string of the molecule is CC(C)CC(CN)CC(=O)NCC(O)CC(C)(C)C. The lowest BCUT2D eigenvalue weighted by molar-refractivity contribution is -0.122. The number of hydrogen-bond acceptors (Lipinski definition) is 3. The monoisotopic (exact) mass is 272 g/mol. The van der Waals surface area contributed by atoms with E-state index in [1.165, 1.54) is 0 Å². The molecule has 4 heteroatoms. The molecule has 0 aliphatic rings. The first kappa shape index (κ1) is 18.4. The molecule has 0 aliphatic heterocycles. The fraction of sp³-hybridized carbons (Fsp3) is 0.933. The van der Waals surface area contributed by atoms with Gasteiger partial charge in [-0.05, 0) is 36.6 Å². The number of aliphatic hydroxyl groups excluding tert-OH is 1. The molecule has 2 unspecified atom stereocenters. The summed E-state index contributed by atoms with van der Waals surface area (Å²) >= 11 is 0. The van der Waals surface area contributed by atoms with Gasteiger partial charge in [0, 0.05) is 13.0 Å². The summed E-state index contributed by atoms with van der Waals surface area (Å²) in [6, 6.07) is 0. The highest BCUT2D eigenvalue weighted by atomic mass is 16.3. The summed E-state index contributed by atoms with van der Waals surface area (Å²) in [5, 5.41) is 12.6. The van der Waals surface area contributed by atoms with Gasteiger partial charge in [0.15, 0.2) is 0 Å². The zero-order valence-electron chi connectivity index (χ0n) is 13.2. The Labute approximate surface area is 118 Å². The molecule has 0 heterocycles. The summed E-state index contributed by atoms with van der Waals surface area (Å²) in [5.41, 5.74) is 5.75. The van der Waals surface area contributed by atoms with Gasteiger partial charge in [0.1, 0.15) is 0 Å². The summed E-state index contributed by atoms with van der Waals surface area (Å²) in [5.74, 6) is 0.775. The van der Waals surface area contributed by atoms with Crippen LogP contribution in [0.1, 0.15) is 53.9 Å². The lowest BCUT2D eigenvalue weighted by atomic mass is 9.89. The van der Waals surface area contributed by atoms with Gasteiger partial charge < -0.3 is 16.2 Å². The third-order valence-electron chi connectivity index (χ3n) is 2.99. The second-order valence-corrected chi connectivity index (χ2v) is 7.16. The van der Waals surface area contributed by atoms with Crippen LogP contribution in [0.4, 0.5) is 0 Å². The summed E-state index contributed by atoms with van der Waals surface area (Å²) in [4.78, 5) is 11.8. The van der Waals surface area contributed by atoms with Crippen molar-refractivity contribution in [1.82, 2.24) is 5.32 Å². The number of nitrogens with two attached hydrogens (primary N) is 1. The van der Waals surface area contributed by atoms with Gasteiger partial charge in [-0.1, -0.05) is 34.6 Å². The van der Waals surface area contributed by atoms with E-state index in [1.807, 2.05) is 0 Å². The van der Waals surface area contributed by atoms with Crippen molar-refractivity contribution in [3.63, 3.8) is 0 Å². The zero-order chi connectivity index (χ0) is 15.1. The Morgan fingerprint density at radius 2 is 1.89 bits per heavy atom. The van der Waals surface area contributed by atoms with Crippen molar-refractivity contribution in [2.75, 3.05) is 13.1 Å². The van der Waals surface area contributed by atoms with E-state index >= 15 is 0 Å². The third-order valence-corrected chi connectivity index (χ3v) is 2.99. The van der Waals surface area contributed by atoms with Crippen LogP contribution < -0.4 is 11.1 Å². The van der Waals surface area contributed by atoms with E-state index in [0.717, 1.165) is 6.42 Å². The van der Waals surface area contributed by atoms with Gasteiger partial charge in [0.25, 0.3) is 0 Å². The highest BCUT2D eigenvalue weighted by Gasteiger charge is 2.18. The largest absolute Gasteiger partial charge is 0.391 e. The molecule has 4 nitrogen and oxygen atoms in total. The van der Waals surface area contributed by atoms with Crippen molar-refractivity contribution in [2.45, 2.75) is 60.0 Å². The van der Waals surface area contributed by atoms with Crippen molar-refractivity contribution < 1.29 is 9.90 Å². The number of carbonyl (C=O) groups excluding carboxylic acids is 1. The molecule has 0 saturated heterocycles. The topological polar surface area (TPSA) is 75.4 Å². The standard InChI is InChI=1S/C15H32N2O2/c1-11(2)6-12(9-16)7-14(19)17-10-13(18)8-15(3,4)5/h11-13,18H,6-10,16H2,1-5H3,(H,17,19). The number of hydrogen-bond donors (Lipinski definition) is 3. The Kier molecular flexibility index (Phi) is 8.26. The predicted octanol–water partition coefficient (Wildman–Crippen LogP) is 1.91. The molecular weight excluding hydrogens is 240 g/mol. The van der Waals surface area contributed by atoms with Crippen molar-refractivity contribution >= 4 is 5.91 Å². The molecule has 0 radical (unpaired) electrons. The molecule has 19 heavy (non-hydrogen) atoms. The molecule has 0 saturated carbocycles. The molecule has 0 rings (SSSR count). The second-order valence-electron chi connectivity index (χ2n) is 7.16. The first-order valence-corrected chi connectivity index (χ1v) is 7.29. The Hall–Kier alpha value is -0.610. The maximum atomic E-state index is 11.8. The summed E-state index contributed by atoms with van der Waals surface area (Å²) < 4.78 is 0. The molecule has 0 fully saturated rings. The average Bonchev–Trinajstić information content (AvgIpc) is 2.22. The van der Waals surface area contributed by atoms with E-state index in [2.05, 4.69) is 39.9 Å². The van der Waals surface area contributed by atoms with Crippen molar-refractivity contribution in [3.05, 3.63) is 0 Å². The molecule has 0 aromatic heterocycles. The number of nitrogens with one attached hydrogen (secondary N) is 1. The van der Waals surface area contributed by atoms with Gasteiger partial charge >= 0.3 is 0 Å². The Morgan fingerprint density at radius 1 is 1.32 bits per heavy atom. The highest BCUT2D eigenvalue weighted by molar-refractivity contribution is 5.76. The Morgan fingerprint density at radius 3 is 2.32 bits per heavy atom. The van der Waals surface area contributed by atoms with Crippen LogP contribution in [0.5, 0.6) is 0 Å². The first-order valence-electron chi connectivity index (χ1n) is 7.29. The minimum atomic E-state index is -0.481. The molecule has 1 amide bonds. The van der Waals surface area contributed by atoms with E-state index in [0.29, 0.717) is 31.8 Å². The fourth-order valence-corrected chi connectivity index (χ4v) is 2.27. The van der Waals surface area contributed by atoms with E-state index in [9.17, 15) is 9.90 Å². The van der Waals surface area contributed by atoms with Gasteiger partial charge in [-0.15, -0.1) is 0 Å². The summed E-state index contributed by atoms with van der Waals surface area (Å²) in [6.07, 6.45) is 1.62. The van der Waals surface area contributed by atoms with Crippen molar-refractivity contribution in [1.29, 1.82) is 0 Å². The van der Waals surface area contributed by atoms with Crippen LogP contribution in [0.25, 0.3) is 0 Å². The molecular formula is C15H32N2O2. The van der Waals surface area contributed by atoms with E-state index in [-0.39, 0.29) is 17.2 Å². The van der Waals surface area contributed by atoms with Gasteiger partial charge in [-0.3, -0.25) is 4.79 Å². The highest BCUT2D eigenvalue weighted by Crippen LogP contribution is 2.20. The molecule has 0 bridgehead atoms. The quantitative estimate of drug-likeness (QED) is 0.632. The molecule has 0 aromatic rings. The van der Waals surface area contributed by atoms with Crippen LogP contribution >= 0.6 is 0 Å². The average molecular weight is 272 g/mol. The van der Waals surface area contributed by atoms with Gasteiger partial charge in [-0.2, -0.15) is 0 Å². The van der Waals surface area contributed by atoms with Crippen LogP contribution in [0.2, 0.25) is 0 Å². The van der Waals surface area contributed by atoms with Crippen LogP contribution in [0, 0.1) is 17.3 Å². The normalized spacial score (nSPS) is 15.4. The van der Waals surface area contributed by atoms with Gasteiger partial charge in [0.05, 0.1) is 6.10 Å². The van der Waals surface area contributed by atoms with Crippen molar-refractivity contribution in [3.8, 4) is 0 Å². The van der Waals surface area contributed by atoms with E-state index < -0.39 is 6.10 Å². The number of rotatable bonds is 8. The number of amides is 1. The van der Waals surface area contributed by atoms with Crippen LogP contribution in [0.3, 0.4) is 0 Å². The van der Waals surface area contributed by atoms with E-state index in [1.54, 1.807) is 0 Å². The summed E-state index contributed by atoms with van der Waals surface area (Å²) in [7, 11) is 0. The van der Waals surface area contributed by atoms with Crippen molar-refractivity contribution in [2.24, 2.45) is 23.0 Å². The van der Waals surface area contributed by atoms with Crippen LogP contribution in [-0.2, 0) is 4.79 Å². The van der Waals surface area contributed by atoms with Gasteiger partial charge in [-0.25, -0.2) is 0 Å². The minimum absolute atomic E-state index is 0.0101. The third kappa shape index (κ3) is 11.0. The second kappa shape index (κ2) is 8.54. The van der Waals surface area contributed by atoms with Crippen LogP contribution in [-0.4, -0.2) is 30.2 Å². The summed E-state index contributed by atoms with van der Waals surface area (Å²) in [6.45, 7) is 11.4. The first-order chi connectivity index (χ1) is 8.64. The minimum Gasteiger partial charge on any atom is -0.391 e. The fourth-order valence-electron chi connectivity index (χ4n) is 2.27. The Bertz CT molecular complexity index is 259. The lowest BCUT2D eigenvalue weighted by Gasteiger charge is -2.23. The molecule has 114 valence electrons. The molecule has 4 N–H and O–H groups in total. The van der Waals surface area contributed by atoms with E-state index in [4.69, 9.17) is 5.73 Å². The Balaban J connectivity index is 3.97. The molecule has 0 spiro atoms. The lowest BCUT2D eigenvalue weighted by Crippen LogP contribution is -2.35. The maximum Gasteiger partial charge on any atom is 0.220 e. The van der Waals surface area contributed by atoms with Crippen LogP contribution in [0.15, 0.2) is 0 Å².